The van der Waals surface area contributed by atoms with Crippen LogP contribution in [0.1, 0.15) is 12.0 Å². The fraction of sp³-hybridized carbons (Fsp3) is 0.364. The minimum Gasteiger partial charge on any atom is -0.396 e. The van der Waals surface area contributed by atoms with Gasteiger partial charge < -0.3 is 10.4 Å². The lowest BCUT2D eigenvalue weighted by atomic mass is 10.2. The van der Waals surface area contributed by atoms with E-state index >= 15 is 0 Å². The molecule has 0 aliphatic heterocycles. The molecule has 0 aromatic heterocycles. The molecule has 0 spiro atoms. The van der Waals surface area contributed by atoms with Gasteiger partial charge in [0.25, 0.3) is 6.43 Å². The van der Waals surface area contributed by atoms with E-state index in [-0.39, 0.29) is 23.8 Å². The van der Waals surface area contributed by atoms with Gasteiger partial charge in [-0.25, -0.2) is 8.78 Å². The number of alkyl halides is 2. The van der Waals surface area contributed by atoms with Crippen molar-refractivity contribution in [1.82, 2.24) is 0 Å². The molecule has 94 valence electrons. The van der Waals surface area contributed by atoms with E-state index in [4.69, 9.17) is 5.11 Å². The molecule has 0 saturated heterocycles. The van der Waals surface area contributed by atoms with Gasteiger partial charge in [0.2, 0.25) is 5.91 Å². The van der Waals surface area contributed by atoms with Crippen LogP contribution in [-0.2, 0) is 4.79 Å². The van der Waals surface area contributed by atoms with Crippen molar-refractivity contribution in [3.8, 4) is 0 Å². The summed E-state index contributed by atoms with van der Waals surface area (Å²) in [5, 5.41) is 11.1. The number of carbonyl (C=O) groups is 1. The molecular weight excluding hydrogens is 248 g/mol. The number of hydrogen-bond acceptors (Lipinski definition) is 3. The van der Waals surface area contributed by atoms with Crippen LogP contribution >= 0.6 is 11.8 Å². The monoisotopic (exact) mass is 261 g/mol. The second-order valence-corrected chi connectivity index (χ2v) is 4.35. The van der Waals surface area contributed by atoms with Gasteiger partial charge in [-0.1, -0.05) is 12.1 Å². The molecule has 0 fully saturated rings. The predicted octanol–water partition coefficient (Wildman–Crippen LogP) is 2.29. The van der Waals surface area contributed by atoms with E-state index in [0.29, 0.717) is 11.4 Å². The molecule has 1 aromatic carbocycles. The van der Waals surface area contributed by atoms with Crippen LogP contribution in [0.5, 0.6) is 0 Å². The molecule has 1 aromatic rings. The SMILES string of the molecule is O=C(CSCCO)Nc1ccc(C(F)F)cc1. The van der Waals surface area contributed by atoms with Crippen molar-refractivity contribution in [1.29, 1.82) is 0 Å². The maximum absolute atomic E-state index is 12.3. The summed E-state index contributed by atoms with van der Waals surface area (Å²) in [4.78, 5) is 11.3. The molecule has 0 heterocycles. The molecule has 0 atom stereocenters. The molecule has 0 aliphatic carbocycles. The smallest absolute Gasteiger partial charge is 0.263 e. The standard InChI is InChI=1S/C11H13F2NO2S/c12-11(13)8-1-3-9(4-2-8)14-10(16)7-17-6-5-15/h1-4,11,15H,5-7H2,(H,14,16). The second-order valence-electron chi connectivity index (χ2n) is 3.25. The van der Waals surface area contributed by atoms with Crippen LogP contribution in [0.4, 0.5) is 14.5 Å². The van der Waals surface area contributed by atoms with E-state index in [9.17, 15) is 13.6 Å². The third-order valence-corrected chi connectivity index (χ3v) is 2.85. The maximum Gasteiger partial charge on any atom is 0.263 e. The first kappa shape index (κ1) is 13.9. The van der Waals surface area contributed by atoms with Gasteiger partial charge in [-0.15, -0.1) is 11.8 Å². The number of hydrogen-bond donors (Lipinski definition) is 2. The Balaban J connectivity index is 2.43. The Kier molecular flexibility index (Phi) is 5.93. The van der Waals surface area contributed by atoms with Crippen LogP contribution in [0.15, 0.2) is 24.3 Å². The molecule has 17 heavy (non-hydrogen) atoms. The van der Waals surface area contributed by atoms with E-state index in [0.717, 1.165) is 0 Å². The molecule has 0 bridgehead atoms. The van der Waals surface area contributed by atoms with E-state index < -0.39 is 6.43 Å². The zero-order valence-electron chi connectivity index (χ0n) is 9.03. The molecule has 6 heteroatoms. The summed E-state index contributed by atoms with van der Waals surface area (Å²) >= 11 is 1.31. The quantitative estimate of drug-likeness (QED) is 0.772. The number of nitrogens with one attached hydrogen (secondary N) is 1. The maximum atomic E-state index is 12.3. The summed E-state index contributed by atoms with van der Waals surface area (Å²) in [7, 11) is 0. The average Bonchev–Trinajstić information content (AvgIpc) is 2.30. The van der Waals surface area contributed by atoms with Crippen molar-refractivity contribution in [3.63, 3.8) is 0 Å². The fourth-order valence-electron chi connectivity index (χ4n) is 1.14. The molecule has 2 N–H and O–H groups in total. The summed E-state index contributed by atoms with van der Waals surface area (Å²) < 4.78 is 24.5. The zero-order chi connectivity index (χ0) is 12.7. The summed E-state index contributed by atoms with van der Waals surface area (Å²) in [6, 6.07) is 5.44. The van der Waals surface area contributed by atoms with Crippen LogP contribution in [0, 0.1) is 0 Å². The second kappa shape index (κ2) is 7.24. The number of aliphatic hydroxyl groups is 1. The van der Waals surface area contributed by atoms with Gasteiger partial charge in [-0.2, -0.15) is 0 Å². The first-order valence-corrected chi connectivity index (χ1v) is 6.15. The van der Waals surface area contributed by atoms with Gasteiger partial charge in [0.15, 0.2) is 0 Å². The van der Waals surface area contributed by atoms with Crippen molar-refractivity contribution in [2.45, 2.75) is 6.43 Å². The molecule has 0 radical (unpaired) electrons. The highest BCUT2D eigenvalue weighted by atomic mass is 32.2. The topological polar surface area (TPSA) is 49.3 Å². The summed E-state index contributed by atoms with van der Waals surface area (Å²) in [5.74, 6) is 0.516. The third kappa shape index (κ3) is 5.14. The van der Waals surface area contributed by atoms with Gasteiger partial charge in [-0.05, 0) is 12.1 Å². The highest BCUT2D eigenvalue weighted by Gasteiger charge is 2.07. The van der Waals surface area contributed by atoms with Crippen molar-refractivity contribution >= 4 is 23.4 Å². The average molecular weight is 261 g/mol. The van der Waals surface area contributed by atoms with Crippen molar-refractivity contribution in [2.24, 2.45) is 0 Å². The van der Waals surface area contributed by atoms with Crippen LogP contribution in [-0.4, -0.2) is 29.1 Å². The van der Waals surface area contributed by atoms with E-state index in [2.05, 4.69) is 5.32 Å². The minimum atomic E-state index is -2.50. The Morgan fingerprint density at radius 3 is 2.53 bits per heavy atom. The van der Waals surface area contributed by atoms with Crippen molar-refractivity contribution in [2.75, 3.05) is 23.4 Å². The first-order chi connectivity index (χ1) is 8.13. The summed E-state index contributed by atoms with van der Waals surface area (Å²) in [5.41, 5.74) is 0.418. The van der Waals surface area contributed by atoms with E-state index in [1.807, 2.05) is 0 Å². The Bertz CT molecular complexity index is 357. The van der Waals surface area contributed by atoms with Gasteiger partial charge in [0.1, 0.15) is 0 Å². The largest absolute Gasteiger partial charge is 0.396 e. The van der Waals surface area contributed by atoms with Crippen LogP contribution < -0.4 is 5.32 Å². The lowest BCUT2D eigenvalue weighted by Crippen LogP contribution is -2.14. The minimum absolute atomic E-state index is 0.0288. The molecular formula is C11H13F2NO2S. The van der Waals surface area contributed by atoms with Crippen LogP contribution in [0.2, 0.25) is 0 Å². The molecule has 0 saturated carbocycles. The fourth-order valence-corrected chi connectivity index (χ4v) is 1.67. The lowest BCUT2D eigenvalue weighted by Gasteiger charge is -2.05. The summed E-state index contributed by atoms with van der Waals surface area (Å²) in [6.45, 7) is 0.0288. The highest BCUT2D eigenvalue weighted by Crippen LogP contribution is 2.20. The third-order valence-electron chi connectivity index (χ3n) is 1.92. The predicted molar refractivity (Wildman–Crippen MR) is 64.4 cm³/mol. The zero-order valence-corrected chi connectivity index (χ0v) is 9.84. The lowest BCUT2D eigenvalue weighted by molar-refractivity contribution is -0.113. The number of thioether (sulfide) groups is 1. The number of benzene rings is 1. The number of halogens is 2. The number of aliphatic hydroxyl groups excluding tert-OH is 1. The van der Waals surface area contributed by atoms with Crippen LogP contribution in [0.25, 0.3) is 0 Å². The number of anilines is 1. The van der Waals surface area contributed by atoms with Crippen LogP contribution in [0.3, 0.4) is 0 Å². The highest BCUT2D eigenvalue weighted by molar-refractivity contribution is 7.99. The van der Waals surface area contributed by atoms with Gasteiger partial charge >= 0.3 is 0 Å². The Morgan fingerprint density at radius 1 is 1.35 bits per heavy atom. The van der Waals surface area contributed by atoms with Crippen molar-refractivity contribution < 1.29 is 18.7 Å². The van der Waals surface area contributed by atoms with E-state index in [1.54, 1.807) is 0 Å². The molecule has 0 unspecified atom stereocenters. The van der Waals surface area contributed by atoms with Gasteiger partial charge in [0.05, 0.1) is 12.4 Å². The number of rotatable bonds is 6. The first-order valence-electron chi connectivity index (χ1n) is 5.00. The Labute approximate surface area is 102 Å². The van der Waals surface area contributed by atoms with E-state index in [1.165, 1.54) is 36.0 Å². The Morgan fingerprint density at radius 2 is 2.00 bits per heavy atom. The summed E-state index contributed by atoms with van der Waals surface area (Å²) in [6.07, 6.45) is -2.50. The molecule has 0 aliphatic rings. The molecule has 3 nitrogen and oxygen atoms in total. The van der Waals surface area contributed by atoms with Gasteiger partial charge in [0, 0.05) is 17.0 Å². The number of amides is 1. The molecule has 1 amide bonds. The van der Waals surface area contributed by atoms with Crippen molar-refractivity contribution in [3.05, 3.63) is 29.8 Å². The molecule has 1 rings (SSSR count). The Hall–Kier alpha value is -1.14. The van der Waals surface area contributed by atoms with Gasteiger partial charge in [-0.3, -0.25) is 4.79 Å². The normalized spacial score (nSPS) is 10.6. The number of carbonyl (C=O) groups excluding carboxylic acids is 1.